The molecule has 5 nitrogen and oxygen atoms in total. The maximum absolute atomic E-state index is 5.36. The first-order chi connectivity index (χ1) is 15.7. The van der Waals surface area contributed by atoms with Gasteiger partial charge in [0.15, 0.2) is 0 Å². The molecular formula is C27H22N4O. The first-order valence-corrected chi connectivity index (χ1v) is 10.7. The molecule has 4 aliphatic rings. The number of H-pyrrole nitrogens is 1. The number of benzene rings is 1. The van der Waals surface area contributed by atoms with E-state index in [1.807, 2.05) is 24.3 Å². The molecule has 2 aromatic rings. The third-order valence-corrected chi connectivity index (χ3v) is 6.02. The van der Waals surface area contributed by atoms with Crippen LogP contribution in [0.3, 0.4) is 0 Å². The van der Waals surface area contributed by atoms with Crippen LogP contribution in [0.2, 0.25) is 0 Å². The van der Waals surface area contributed by atoms with E-state index in [4.69, 9.17) is 14.7 Å². The lowest BCUT2D eigenvalue weighted by Gasteiger charge is -2.29. The number of aromatic amines is 1. The third kappa shape index (κ3) is 3.38. The van der Waals surface area contributed by atoms with E-state index in [0.29, 0.717) is 0 Å². The average Bonchev–Trinajstić information content (AvgIpc) is 3.59. The number of allylic oxidation sites excluding steroid dienone is 5. The van der Waals surface area contributed by atoms with Crippen LogP contribution in [0, 0.1) is 0 Å². The van der Waals surface area contributed by atoms with Gasteiger partial charge in [0.05, 0.1) is 35.5 Å². The monoisotopic (exact) mass is 418 g/mol. The van der Waals surface area contributed by atoms with E-state index < -0.39 is 5.54 Å². The molecule has 8 bridgehead atoms. The highest BCUT2D eigenvalue weighted by Crippen LogP contribution is 2.37. The largest absolute Gasteiger partial charge is 0.497 e. The standard InChI is InChI=1S/C27H22N4O/c1-32-26-10-2-18(3-11-26)27-13-12-24(31-27)16-23-7-6-20(29-23)14-19-4-5-21(28-19)15-22-8-9-25(17-27)30-22/h2-12,14-17,28,31H,13H2,1H3. The van der Waals surface area contributed by atoms with E-state index in [1.165, 1.54) is 0 Å². The molecule has 1 aromatic heterocycles. The van der Waals surface area contributed by atoms with Crippen LogP contribution >= 0.6 is 0 Å². The van der Waals surface area contributed by atoms with Gasteiger partial charge in [0.25, 0.3) is 0 Å². The highest BCUT2D eigenvalue weighted by Gasteiger charge is 2.34. The molecule has 5 heteroatoms. The fourth-order valence-electron chi connectivity index (χ4n) is 4.42. The van der Waals surface area contributed by atoms with Gasteiger partial charge in [-0.1, -0.05) is 18.2 Å². The molecule has 0 saturated heterocycles. The Morgan fingerprint density at radius 1 is 0.812 bits per heavy atom. The predicted molar refractivity (Wildman–Crippen MR) is 129 cm³/mol. The van der Waals surface area contributed by atoms with Crippen LogP contribution in [-0.4, -0.2) is 23.5 Å². The molecule has 156 valence electrons. The molecule has 1 unspecified atom stereocenters. The van der Waals surface area contributed by atoms with Crippen LogP contribution in [0.15, 0.2) is 106 Å². The van der Waals surface area contributed by atoms with E-state index >= 15 is 0 Å². The highest BCUT2D eigenvalue weighted by molar-refractivity contribution is 6.20. The van der Waals surface area contributed by atoms with Crippen molar-refractivity contribution in [2.45, 2.75) is 12.0 Å². The summed E-state index contributed by atoms with van der Waals surface area (Å²) in [6.45, 7) is 0. The number of aliphatic imine (C=N–C) groups is 2. The summed E-state index contributed by atoms with van der Waals surface area (Å²) in [6, 6.07) is 12.3. The van der Waals surface area contributed by atoms with Gasteiger partial charge in [-0.2, -0.15) is 0 Å². The van der Waals surface area contributed by atoms with E-state index in [0.717, 1.165) is 56.9 Å². The molecular weight excluding hydrogens is 396 g/mol. The third-order valence-electron chi connectivity index (χ3n) is 6.02. The zero-order valence-corrected chi connectivity index (χ0v) is 17.7. The quantitative estimate of drug-likeness (QED) is 0.787. The van der Waals surface area contributed by atoms with Gasteiger partial charge in [0.2, 0.25) is 0 Å². The maximum atomic E-state index is 5.36. The first-order valence-electron chi connectivity index (χ1n) is 10.7. The number of ether oxygens (including phenoxy) is 1. The Labute approximate surface area is 186 Å². The maximum Gasteiger partial charge on any atom is 0.118 e. The lowest BCUT2D eigenvalue weighted by atomic mass is 9.87. The SMILES string of the molecule is COc1ccc(C23C=C4C=CC(=N4)C=c4ccc([nH]4)=CC4=NC(=CC(=CC2)N3)C=C4)cc1. The molecule has 6 rings (SSSR count). The van der Waals surface area contributed by atoms with Gasteiger partial charge in [0, 0.05) is 16.4 Å². The van der Waals surface area contributed by atoms with E-state index in [1.54, 1.807) is 7.11 Å². The van der Waals surface area contributed by atoms with Crippen molar-refractivity contribution in [3.63, 3.8) is 0 Å². The minimum Gasteiger partial charge on any atom is -0.497 e. The second kappa shape index (κ2) is 7.24. The van der Waals surface area contributed by atoms with Crippen LogP contribution in [0.25, 0.3) is 12.2 Å². The van der Waals surface area contributed by atoms with Crippen LogP contribution in [-0.2, 0) is 5.54 Å². The van der Waals surface area contributed by atoms with Gasteiger partial charge in [-0.25, -0.2) is 9.98 Å². The van der Waals surface area contributed by atoms with Crippen molar-refractivity contribution < 1.29 is 4.74 Å². The first kappa shape index (κ1) is 18.6. The van der Waals surface area contributed by atoms with Crippen molar-refractivity contribution in [1.29, 1.82) is 0 Å². The second-order valence-electron chi connectivity index (χ2n) is 8.22. The second-order valence-corrected chi connectivity index (χ2v) is 8.22. The lowest BCUT2D eigenvalue weighted by molar-refractivity contribution is 0.413. The van der Waals surface area contributed by atoms with Crippen molar-refractivity contribution in [3.05, 3.63) is 112 Å². The number of fused-ring (bicyclic) bond motifs is 6. The molecule has 0 fully saturated rings. The van der Waals surface area contributed by atoms with Crippen molar-refractivity contribution in [2.75, 3.05) is 7.11 Å². The van der Waals surface area contributed by atoms with Gasteiger partial charge in [-0.15, -0.1) is 0 Å². The predicted octanol–water partition coefficient (Wildman–Crippen LogP) is 3.16. The summed E-state index contributed by atoms with van der Waals surface area (Å²) in [4.78, 5) is 13.0. The Hall–Kier alpha value is -4.12. The van der Waals surface area contributed by atoms with Crippen molar-refractivity contribution >= 4 is 23.6 Å². The minimum atomic E-state index is -0.394. The summed E-state index contributed by atoms with van der Waals surface area (Å²) >= 11 is 0. The fourth-order valence-corrected chi connectivity index (χ4v) is 4.42. The van der Waals surface area contributed by atoms with Gasteiger partial charge >= 0.3 is 0 Å². The average molecular weight is 419 g/mol. The van der Waals surface area contributed by atoms with Crippen LogP contribution in [0.1, 0.15) is 12.0 Å². The summed E-state index contributed by atoms with van der Waals surface area (Å²) in [6.07, 6.45) is 19.7. The molecule has 0 spiro atoms. The Balaban J connectivity index is 1.50. The van der Waals surface area contributed by atoms with Crippen LogP contribution in [0.4, 0.5) is 0 Å². The molecule has 1 aromatic carbocycles. The van der Waals surface area contributed by atoms with E-state index in [-0.39, 0.29) is 0 Å². The van der Waals surface area contributed by atoms with Gasteiger partial charge < -0.3 is 15.0 Å². The van der Waals surface area contributed by atoms with Gasteiger partial charge in [-0.3, -0.25) is 0 Å². The molecule has 1 atom stereocenters. The number of nitrogens with one attached hydrogen (secondary N) is 2. The number of hydrogen-bond acceptors (Lipinski definition) is 4. The zero-order chi connectivity index (χ0) is 21.5. The topological polar surface area (TPSA) is 61.8 Å². The number of methoxy groups -OCH3 is 1. The molecule has 0 saturated carbocycles. The van der Waals surface area contributed by atoms with Gasteiger partial charge in [-0.05, 0) is 84.9 Å². The summed E-state index contributed by atoms with van der Waals surface area (Å²) in [7, 11) is 1.69. The van der Waals surface area contributed by atoms with E-state index in [9.17, 15) is 0 Å². The normalized spacial score (nSPS) is 22.7. The number of rotatable bonds is 2. The Morgan fingerprint density at radius 3 is 2.22 bits per heavy atom. The summed E-state index contributed by atoms with van der Waals surface area (Å²) in [5, 5.41) is 5.77. The molecule has 0 amide bonds. The van der Waals surface area contributed by atoms with Gasteiger partial charge in [0.1, 0.15) is 5.75 Å². The number of aromatic nitrogens is 1. The number of nitrogens with zero attached hydrogens (tertiary/aromatic N) is 2. The summed E-state index contributed by atoms with van der Waals surface area (Å²) < 4.78 is 5.36. The van der Waals surface area contributed by atoms with Crippen LogP contribution < -0.4 is 20.8 Å². The summed E-state index contributed by atoms with van der Waals surface area (Å²) in [5.41, 5.74) is 5.54. The Kier molecular flexibility index (Phi) is 4.21. The molecule has 2 N–H and O–H groups in total. The molecule has 5 heterocycles. The smallest absolute Gasteiger partial charge is 0.118 e. The fraction of sp³-hybridized carbons (Fsp3) is 0.111. The molecule has 32 heavy (non-hydrogen) atoms. The minimum absolute atomic E-state index is 0.394. The van der Waals surface area contributed by atoms with Crippen molar-refractivity contribution in [3.8, 4) is 5.75 Å². The molecule has 0 radical (unpaired) electrons. The van der Waals surface area contributed by atoms with Crippen molar-refractivity contribution in [1.82, 2.24) is 10.3 Å². The van der Waals surface area contributed by atoms with E-state index in [2.05, 4.69) is 77.1 Å². The number of hydrogen-bond donors (Lipinski definition) is 2. The van der Waals surface area contributed by atoms with Crippen LogP contribution in [0.5, 0.6) is 5.75 Å². The zero-order valence-electron chi connectivity index (χ0n) is 17.7. The molecule has 0 aliphatic carbocycles. The Morgan fingerprint density at radius 2 is 1.50 bits per heavy atom. The van der Waals surface area contributed by atoms with Crippen molar-refractivity contribution in [2.24, 2.45) is 9.98 Å². The summed E-state index contributed by atoms with van der Waals surface area (Å²) in [5.74, 6) is 0.842. The molecule has 4 aliphatic heterocycles. The lowest BCUT2D eigenvalue weighted by Crippen LogP contribution is -2.35. The highest BCUT2D eigenvalue weighted by atomic mass is 16.5. The Bertz CT molecular complexity index is 1440.